The number of nitrogens with zero attached hydrogens (tertiary/aromatic N) is 2. The van der Waals surface area contributed by atoms with Crippen LogP contribution in [0.2, 0.25) is 0 Å². The summed E-state index contributed by atoms with van der Waals surface area (Å²) in [6.45, 7) is 12.0. The maximum atomic E-state index is 3.75. The molecule has 0 radical (unpaired) electrons. The Kier molecular flexibility index (Phi) is 5.93. The molecule has 1 atom stereocenters. The molecule has 0 spiro atoms. The molecule has 2 fully saturated rings. The zero-order chi connectivity index (χ0) is 12.8. The molecule has 3 heteroatoms. The van der Waals surface area contributed by atoms with Crippen molar-refractivity contribution in [2.24, 2.45) is 0 Å². The van der Waals surface area contributed by atoms with Crippen LogP contribution in [-0.2, 0) is 0 Å². The fourth-order valence-electron chi connectivity index (χ4n) is 3.48. The molecule has 0 aromatic carbocycles. The van der Waals surface area contributed by atoms with Crippen LogP contribution >= 0.6 is 0 Å². The summed E-state index contributed by atoms with van der Waals surface area (Å²) in [5.74, 6) is 0. The standard InChI is InChI=1S/C15H31N3/c1-3-18-12-11-17(13-14(18)2)10-9-16-15-7-5-4-6-8-15/h14-16H,3-13H2,1-2H3. The Hall–Kier alpha value is -0.120. The topological polar surface area (TPSA) is 18.5 Å². The van der Waals surface area contributed by atoms with E-state index in [0.717, 1.165) is 12.1 Å². The molecule has 1 unspecified atom stereocenters. The van der Waals surface area contributed by atoms with Gasteiger partial charge in [-0.2, -0.15) is 0 Å². The van der Waals surface area contributed by atoms with E-state index in [2.05, 4.69) is 29.0 Å². The van der Waals surface area contributed by atoms with Gasteiger partial charge in [0.15, 0.2) is 0 Å². The summed E-state index contributed by atoms with van der Waals surface area (Å²) >= 11 is 0. The smallest absolute Gasteiger partial charge is 0.0195 e. The number of hydrogen-bond acceptors (Lipinski definition) is 3. The quantitative estimate of drug-likeness (QED) is 0.808. The first-order chi connectivity index (χ1) is 8.79. The molecular formula is C15H31N3. The first kappa shape index (κ1) is 14.3. The van der Waals surface area contributed by atoms with Crippen LogP contribution in [0.15, 0.2) is 0 Å². The number of piperazine rings is 1. The van der Waals surface area contributed by atoms with Crippen molar-refractivity contribution in [3.63, 3.8) is 0 Å². The molecule has 0 aromatic heterocycles. The first-order valence-electron chi connectivity index (χ1n) is 7.99. The Labute approximate surface area is 113 Å². The van der Waals surface area contributed by atoms with Crippen LogP contribution in [0.4, 0.5) is 0 Å². The van der Waals surface area contributed by atoms with Crippen LogP contribution in [0, 0.1) is 0 Å². The molecule has 1 N–H and O–H groups in total. The Morgan fingerprint density at radius 3 is 2.56 bits per heavy atom. The number of likely N-dealkylation sites (N-methyl/N-ethyl adjacent to an activating group) is 1. The highest BCUT2D eigenvalue weighted by atomic mass is 15.3. The van der Waals surface area contributed by atoms with Crippen LogP contribution in [0.3, 0.4) is 0 Å². The molecule has 106 valence electrons. The minimum absolute atomic E-state index is 0.735. The largest absolute Gasteiger partial charge is 0.313 e. The van der Waals surface area contributed by atoms with Crippen molar-refractivity contribution < 1.29 is 0 Å². The molecule has 3 nitrogen and oxygen atoms in total. The average Bonchev–Trinajstić information content (AvgIpc) is 2.40. The predicted molar refractivity (Wildman–Crippen MR) is 78.0 cm³/mol. The minimum Gasteiger partial charge on any atom is -0.313 e. The van der Waals surface area contributed by atoms with E-state index in [0.29, 0.717) is 0 Å². The molecule has 1 aliphatic heterocycles. The van der Waals surface area contributed by atoms with Crippen molar-refractivity contribution in [3.8, 4) is 0 Å². The van der Waals surface area contributed by atoms with Gasteiger partial charge in [0.05, 0.1) is 0 Å². The lowest BCUT2D eigenvalue weighted by atomic mass is 9.95. The molecule has 0 aromatic rings. The second kappa shape index (κ2) is 7.46. The van der Waals surface area contributed by atoms with E-state index in [1.165, 1.54) is 71.4 Å². The van der Waals surface area contributed by atoms with Gasteiger partial charge in [0.1, 0.15) is 0 Å². The second-order valence-corrected chi connectivity index (χ2v) is 6.07. The molecular weight excluding hydrogens is 222 g/mol. The van der Waals surface area contributed by atoms with E-state index in [9.17, 15) is 0 Å². The van der Waals surface area contributed by atoms with Gasteiger partial charge in [-0.15, -0.1) is 0 Å². The van der Waals surface area contributed by atoms with Gasteiger partial charge >= 0.3 is 0 Å². The fraction of sp³-hybridized carbons (Fsp3) is 1.00. The second-order valence-electron chi connectivity index (χ2n) is 6.07. The van der Waals surface area contributed by atoms with Gasteiger partial charge in [-0.25, -0.2) is 0 Å². The summed E-state index contributed by atoms with van der Waals surface area (Å²) < 4.78 is 0. The SMILES string of the molecule is CCN1CCN(CCNC2CCCCC2)CC1C. The lowest BCUT2D eigenvalue weighted by Crippen LogP contribution is -2.53. The van der Waals surface area contributed by atoms with E-state index in [1.807, 2.05) is 0 Å². The predicted octanol–water partition coefficient (Wildman–Crippen LogP) is 1.93. The monoisotopic (exact) mass is 253 g/mol. The fourth-order valence-corrected chi connectivity index (χ4v) is 3.48. The van der Waals surface area contributed by atoms with Gasteiger partial charge in [-0.1, -0.05) is 26.2 Å². The molecule has 1 saturated heterocycles. The molecule has 0 amide bonds. The molecule has 0 bridgehead atoms. The van der Waals surface area contributed by atoms with Crippen LogP contribution in [-0.4, -0.2) is 61.2 Å². The van der Waals surface area contributed by atoms with Crippen molar-refractivity contribution >= 4 is 0 Å². The third kappa shape index (κ3) is 4.22. The minimum atomic E-state index is 0.735. The summed E-state index contributed by atoms with van der Waals surface area (Å²) in [5.41, 5.74) is 0. The molecule has 1 heterocycles. The van der Waals surface area contributed by atoms with E-state index in [-0.39, 0.29) is 0 Å². The summed E-state index contributed by atoms with van der Waals surface area (Å²) in [4.78, 5) is 5.22. The highest BCUT2D eigenvalue weighted by Crippen LogP contribution is 2.17. The van der Waals surface area contributed by atoms with Crippen molar-refractivity contribution in [2.45, 2.75) is 58.0 Å². The number of hydrogen-bond donors (Lipinski definition) is 1. The van der Waals surface area contributed by atoms with E-state index >= 15 is 0 Å². The van der Waals surface area contributed by atoms with Crippen molar-refractivity contribution in [2.75, 3.05) is 39.3 Å². The number of nitrogens with one attached hydrogen (secondary N) is 1. The third-order valence-electron chi connectivity index (χ3n) is 4.72. The third-order valence-corrected chi connectivity index (χ3v) is 4.72. The average molecular weight is 253 g/mol. The van der Waals surface area contributed by atoms with E-state index in [4.69, 9.17) is 0 Å². The molecule has 18 heavy (non-hydrogen) atoms. The van der Waals surface area contributed by atoms with E-state index < -0.39 is 0 Å². The summed E-state index contributed by atoms with van der Waals surface area (Å²) in [7, 11) is 0. The highest BCUT2D eigenvalue weighted by Gasteiger charge is 2.22. The maximum Gasteiger partial charge on any atom is 0.0195 e. The van der Waals surface area contributed by atoms with Gasteiger partial charge in [-0.3, -0.25) is 9.80 Å². The number of rotatable bonds is 5. The highest BCUT2D eigenvalue weighted by molar-refractivity contribution is 4.79. The van der Waals surface area contributed by atoms with Crippen LogP contribution in [0.25, 0.3) is 0 Å². The van der Waals surface area contributed by atoms with Crippen molar-refractivity contribution in [1.82, 2.24) is 15.1 Å². The first-order valence-corrected chi connectivity index (χ1v) is 7.99. The summed E-state index contributed by atoms with van der Waals surface area (Å²) in [6.07, 6.45) is 7.13. The normalized spacial score (nSPS) is 28.7. The summed E-state index contributed by atoms with van der Waals surface area (Å²) in [5, 5.41) is 3.75. The Bertz CT molecular complexity index is 226. The van der Waals surface area contributed by atoms with Crippen LogP contribution < -0.4 is 5.32 Å². The van der Waals surface area contributed by atoms with Gasteiger partial charge < -0.3 is 5.32 Å². The van der Waals surface area contributed by atoms with Gasteiger partial charge in [0.25, 0.3) is 0 Å². The van der Waals surface area contributed by atoms with Crippen LogP contribution in [0.5, 0.6) is 0 Å². The van der Waals surface area contributed by atoms with Crippen LogP contribution in [0.1, 0.15) is 46.0 Å². The zero-order valence-corrected chi connectivity index (χ0v) is 12.3. The lowest BCUT2D eigenvalue weighted by molar-refractivity contribution is 0.0879. The zero-order valence-electron chi connectivity index (χ0n) is 12.3. The molecule has 1 aliphatic carbocycles. The summed E-state index contributed by atoms with van der Waals surface area (Å²) in [6, 6.07) is 1.55. The maximum absolute atomic E-state index is 3.75. The van der Waals surface area contributed by atoms with E-state index in [1.54, 1.807) is 0 Å². The molecule has 2 aliphatic rings. The Balaban J connectivity index is 1.59. The van der Waals surface area contributed by atoms with Gasteiger partial charge in [0.2, 0.25) is 0 Å². The molecule has 1 saturated carbocycles. The Morgan fingerprint density at radius 2 is 1.89 bits per heavy atom. The lowest BCUT2D eigenvalue weighted by Gasteiger charge is -2.39. The Morgan fingerprint density at radius 1 is 1.11 bits per heavy atom. The molecule has 2 rings (SSSR count). The van der Waals surface area contributed by atoms with Crippen molar-refractivity contribution in [1.29, 1.82) is 0 Å². The van der Waals surface area contributed by atoms with Gasteiger partial charge in [-0.05, 0) is 26.3 Å². The van der Waals surface area contributed by atoms with Crippen molar-refractivity contribution in [3.05, 3.63) is 0 Å². The van der Waals surface area contributed by atoms with Gasteiger partial charge in [0, 0.05) is 44.8 Å².